The largest absolute Gasteiger partial charge is 0.493 e. The van der Waals surface area contributed by atoms with Gasteiger partial charge >= 0.3 is 6.03 Å². The summed E-state index contributed by atoms with van der Waals surface area (Å²) in [6.45, 7) is 1.88. The maximum absolute atomic E-state index is 13.4. The molecule has 2 aliphatic heterocycles. The SMILES string of the molecule is O=C(NC1CCCOc2ccc(Cl)cc21)N1CCCC1c1ncnn1Cc1ccc(Cl)cc1. The summed E-state index contributed by atoms with van der Waals surface area (Å²) in [7, 11) is 0. The molecule has 2 atom stereocenters. The maximum Gasteiger partial charge on any atom is 0.318 e. The smallest absolute Gasteiger partial charge is 0.318 e. The molecule has 3 heterocycles. The molecular formula is C24H25Cl2N5O2. The van der Waals surface area contributed by atoms with Crippen LogP contribution in [-0.2, 0) is 6.54 Å². The summed E-state index contributed by atoms with van der Waals surface area (Å²) >= 11 is 12.2. The summed E-state index contributed by atoms with van der Waals surface area (Å²) in [4.78, 5) is 19.8. The van der Waals surface area contributed by atoms with E-state index in [1.807, 2.05) is 52.0 Å². The third-order valence-corrected chi connectivity index (χ3v) is 6.73. The lowest BCUT2D eigenvalue weighted by Gasteiger charge is -2.27. The number of carbonyl (C=O) groups is 1. The number of nitrogens with zero attached hydrogens (tertiary/aromatic N) is 4. The Hall–Kier alpha value is -2.77. The fourth-order valence-corrected chi connectivity index (χ4v) is 4.93. The van der Waals surface area contributed by atoms with E-state index in [4.69, 9.17) is 27.9 Å². The molecule has 1 fully saturated rings. The van der Waals surface area contributed by atoms with Gasteiger partial charge in [0, 0.05) is 22.2 Å². The van der Waals surface area contributed by atoms with Crippen LogP contribution in [0.15, 0.2) is 48.8 Å². The van der Waals surface area contributed by atoms with E-state index in [2.05, 4.69) is 15.4 Å². The molecule has 1 saturated heterocycles. The number of carbonyl (C=O) groups excluding carboxylic acids is 1. The van der Waals surface area contributed by atoms with Gasteiger partial charge in [0.05, 0.1) is 25.2 Å². The number of urea groups is 1. The van der Waals surface area contributed by atoms with Crippen LogP contribution in [0.1, 0.15) is 54.7 Å². The van der Waals surface area contributed by atoms with Crippen molar-refractivity contribution in [2.24, 2.45) is 0 Å². The van der Waals surface area contributed by atoms with Crippen LogP contribution in [0.4, 0.5) is 4.79 Å². The molecule has 5 rings (SSSR count). The average molecular weight is 486 g/mol. The Morgan fingerprint density at radius 1 is 1.09 bits per heavy atom. The number of benzene rings is 2. The number of ether oxygens (including phenoxy) is 1. The highest BCUT2D eigenvalue weighted by molar-refractivity contribution is 6.30. The van der Waals surface area contributed by atoms with Crippen molar-refractivity contribution in [1.82, 2.24) is 25.0 Å². The minimum atomic E-state index is -0.151. The number of hydrogen-bond acceptors (Lipinski definition) is 4. The number of fused-ring (bicyclic) bond motifs is 1. The quantitative estimate of drug-likeness (QED) is 0.537. The molecule has 1 N–H and O–H groups in total. The van der Waals surface area contributed by atoms with E-state index in [0.717, 1.165) is 48.4 Å². The molecule has 2 aromatic carbocycles. The van der Waals surface area contributed by atoms with Crippen LogP contribution in [-0.4, -0.2) is 38.8 Å². The number of aromatic nitrogens is 3. The fourth-order valence-electron chi connectivity index (χ4n) is 4.62. The number of hydrogen-bond donors (Lipinski definition) is 1. The van der Waals surface area contributed by atoms with Crippen LogP contribution in [0.5, 0.6) is 5.75 Å². The highest BCUT2D eigenvalue weighted by atomic mass is 35.5. The summed E-state index contributed by atoms with van der Waals surface area (Å²) in [6.07, 6.45) is 4.98. The predicted molar refractivity (Wildman–Crippen MR) is 127 cm³/mol. The first kappa shape index (κ1) is 22.0. The lowest BCUT2D eigenvalue weighted by molar-refractivity contribution is 0.185. The van der Waals surface area contributed by atoms with Gasteiger partial charge in [-0.25, -0.2) is 14.5 Å². The van der Waals surface area contributed by atoms with Crippen molar-refractivity contribution in [2.45, 2.75) is 44.3 Å². The normalized spacial score (nSPS) is 20.1. The molecule has 7 nitrogen and oxygen atoms in total. The monoisotopic (exact) mass is 485 g/mol. The van der Waals surface area contributed by atoms with E-state index in [-0.39, 0.29) is 18.1 Å². The van der Waals surface area contributed by atoms with Crippen LogP contribution in [0.25, 0.3) is 0 Å². The fraction of sp³-hybridized carbons (Fsp3) is 0.375. The van der Waals surface area contributed by atoms with E-state index >= 15 is 0 Å². The van der Waals surface area contributed by atoms with E-state index in [1.165, 1.54) is 0 Å². The Balaban J connectivity index is 1.34. The maximum atomic E-state index is 13.4. The van der Waals surface area contributed by atoms with Gasteiger partial charge in [-0.05, 0) is 61.6 Å². The lowest BCUT2D eigenvalue weighted by Crippen LogP contribution is -2.41. The molecule has 3 aromatic rings. The number of amides is 2. The van der Waals surface area contributed by atoms with Gasteiger partial charge in [0.15, 0.2) is 0 Å². The molecule has 9 heteroatoms. The second-order valence-corrected chi connectivity index (χ2v) is 9.30. The van der Waals surface area contributed by atoms with Gasteiger partial charge in [-0.15, -0.1) is 0 Å². The minimum absolute atomic E-state index is 0.101. The second-order valence-electron chi connectivity index (χ2n) is 8.43. The summed E-state index contributed by atoms with van der Waals surface area (Å²) in [5.74, 6) is 1.58. The standard InChI is InChI=1S/C24H25Cl2N5O2/c25-17-7-5-16(6-8-17)14-31-23(27-15-28-31)21-4-1-11-30(21)24(32)29-20-3-2-12-33-22-10-9-18(26)13-19(20)22/h5-10,13,15,20-21H,1-4,11-12,14H2,(H,29,32). The number of halogens is 2. The van der Waals surface area contributed by atoms with Crippen molar-refractivity contribution in [3.8, 4) is 5.75 Å². The molecule has 2 aliphatic rings. The van der Waals surface area contributed by atoms with Crippen molar-refractivity contribution < 1.29 is 9.53 Å². The Morgan fingerprint density at radius 3 is 2.76 bits per heavy atom. The summed E-state index contributed by atoms with van der Waals surface area (Å²) in [5, 5.41) is 8.98. The van der Waals surface area contributed by atoms with E-state index in [0.29, 0.717) is 29.7 Å². The van der Waals surface area contributed by atoms with Crippen LogP contribution in [0.3, 0.4) is 0 Å². The van der Waals surface area contributed by atoms with Gasteiger partial charge < -0.3 is 15.0 Å². The third-order valence-electron chi connectivity index (χ3n) is 6.24. The van der Waals surface area contributed by atoms with Crippen molar-refractivity contribution in [3.63, 3.8) is 0 Å². The van der Waals surface area contributed by atoms with Crippen LogP contribution in [0, 0.1) is 0 Å². The molecule has 0 saturated carbocycles. The zero-order chi connectivity index (χ0) is 22.8. The molecule has 1 aromatic heterocycles. The van der Waals surface area contributed by atoms with Gasteiger partial charge in [-0.1, -0.05) is 35.3 Å². The molecule has 2 unspecified atom stereocenters. The molecule has 0 bridgehead atoms. The van der Waals surface area contributed by atoms with Crippen LogP contribution < -0.4 is 10.1 Å². The topological polar surface area (TPSA) is 72.3 Å². The highest BCUT2D eigenvalue weighted by Gasteiger charge is 2.35. The first-order chi connectivity index (χ1) is 16.1. The number of nitrogens with one attached hydrogen (secondary N) is 1. The van der Waals surface area contributed by atoms with Crippen LogP contribution >= 0.6 is 23.2 Å². The van der Waals surface area contributed by atoms with Gasteiger partial charge in [-0.3, -0.25) is 0 Å². The lowest BCUT2D eigenvalue weighted by atomic mass is 10.0. The van der Waals surface area contributed by atoms with Crippen molar-refractivity contribution in [1.29, 1.82) is 0 Å². The molecule has 0 spiro atoms. The summed E-state index contributed by atoms with van der Waals surface area (Å²) in [5.41, 5.74) is 2.00. The zero-order valence-corrected chi connectivity index (χ0v) is 19.6. The molecule has 0 radical (unpaired) electrons. The number of rotatable bonds is 4. The molecular weight excluding hydrogens is 461 g/mol. The van der Waals surface area contributed by atoms with E-state index in [1.54, 1.807) is 6.33 Å². The summed E-state index contributed by atoms with van der Waals surface area (Å²) in [6, 6.07) is 12.9. The number of likely N-dealkylation sites (tertiary alicyclic amines) is 1. The third kappa shape index (κ3) is 4.80. The molecule has 2 amide bonds. The van der Waals surface area contributed by atoms with Crippen molar-refractivity contribution in [2.75, 3.05) is 13.2 Å². The molecule has 0 aliphatic carbocycles. The second kappa shape index (κ2) is 9.61. The van der Waals surface area contributed by atoms with Gasteiger partial charge in [0.2, 0.25) is 0 Å². The van der Waals surface area contributed by atoms with Gasteiger partial charge in [0.25, 0.3) is 0 Å². The first-order valence-corrected chi connectivity index (χ1v) is 12.0. The Morgan fingerprint density at radius 2 is 1.91 bits per heavy atom. The minimum Gasteiger partial charge on any atom is -0.493 e. The molecule has 172 valence electrons. The van der Waals surface area contributed by atoms with E-state index in [9.17, 15) is 4.79 Å². The predicted octanol–water partition coefficient (Wildman–Crippen LogP) is 5.39. The summed E-state index contributed by atoms with van der Waals surface area (Å²) < 4.78 is 7.72. The molecule has 33 heavy (non-hydrogen) atoms. The Kier molecular flexibility index (Phi) is 6.42. The van der Waals surface area contributed by atoms with Gasteiger partial charge in [0.1, 0.15) is 17.9 Å². The average Bonchev–Trinajstić information content (AvgIpc) is 3.43. The van der Waals surface area contributed by atoms with Crippen molar-refractivity contribution >= 4 is 29.2 Å². The first-order valence-electron chi connectivity index (χ1n) is 11.2. The zero-order valence-electron chi connectivity index (χ0n) is 18.1. The Labute approximate surface area is 202 Å². The van der Waals surface area contributed by atoms with Gasteiger partial charge in [-0.2, -0.15) is 5.10 Å². The van der Waals surface area contributed by atoms with E-state index < -0.39 is 0 Å². The van der Waals surface area contributed by atoms with Crippen molar-refractivity contribution in [3.05, 3.63) is 75.8 Å². The highest BCUT2D eigenvalue weighted by Crippen LogP contribution is 2.35. The Bertz CT molecular complexity index is 1130. The van der Waals surface area contributed by atoms with Crippen LogP contribution in [0.2, 0.25) is 10.0 Å².